The van der Waals surface area contributed by atoms with Crippen molar-refractivity contribution in [1.82, 2.24) is 0 Å². The van der Waals surface area contributed by atoms with Crippen LogP contribution in [-0.2, 0) is 4.74 Å². The van der Waals surface area contributed by atoms with Crippen LogP contribution in [0.3, 0.4) is 0 Å². The molecule has 0 heterocycles. The number of carbonyl (C=O) groups excluding carboxylic acids is 2. The Morgan fingerprint density at radius 1 is 1.08 bits per heavy atom. The van der Waals surface area contributed by atoms with Gasteiger partial charge < -0.3 is 14.8 Å². The number of halogens is 1. The molecular formula is C18H18ClNO4. The highest BCUT2D eigenvalue weighted by molar-refractivity contribution is 6.34. The van der Waals surface area contributed by atoms with Crippen molar-refractivity contribution in [1.29, 1.82) is 0 Å². The summed E-state index contributed by atoms with van der Waals surface area (Å²) in [6, 6.07) is 11.3. The quantitative estimate of drug-likeness (QED) is 0.796. The van der Waals surface area contributed by atoms with E-state index in [-0.39, 0.29) is 5.91 Å². The molecule has 0 aliphatic carbocycles. The Morgan fingerprint density at radius 2 is 1.75 bits per heavy atom. The number of amides is 1. The molecule has 0 saturated heterocycles. The van der Waals surface area contributed by atoms with Gasteiger partial charge in [-0.1, -0.05) is 18.5 Å². The third-order valence-electron chi connectivity index (χ3n) is 3.23. The fraction of sp³-hybridized carbons (Fsp3) is 0.222. The lowest BCUT2D eigenvalue weighted by molar-refractivity contribution is 0.0600. The van der Waals surface area contributed by atoms with Crippen LogP contribution in [-0.4, -0.2) is 25.6 Å². The summed E-state index contributed by atoms with van der Waals surface area (Å²) >= 11 is 6.07. The third-order valence-corrected chi connectivity index (χ3v) is 3.55. The highest BCUT2D eigenvalue weighted by Gasteiger charge is 2.12. The zero-order valence-electron chi connectivity index (χ0n) is 13.5. The minimum absolute atomic E-state index is 0.306. The SMILES string of the molecule is CCCOc1ccc(C(=O)Nc2cc(C(=O)OC)ccc2Cl)cc1. The topological polar surface area (TPSA) is 64.6 Å². The maximum absolute atomic E-state index is 12.3. The van der Waals surface area contributed by atoms with Gasteiger partial charge in [0.1, 0.15) is 5.75 Å². The monoisotopic (exact) mass is 347 g/mol. The predicted molar refractivity (Wildman–Crippen MR) is 93.0 cm³/mol. The van der Waals surface area contributed by atoms with E-state index in [0.717, 1.165) is 6.42 Å². The molecule has 2 aromatic rings. The molecule has 0 fully saturated rings. The largest absolute Gasteiger partial charge is 0.494 e. The van der Waals surface area contributed by atoms with Gasteiger partial charge in [-0.05, 0) is 48.9 Å². The first-order valence-electron chi connectivity index (χ1n) is 7.47. The van der Waals surface area contributed by atoms with Gasteiger partial charge in [0.15, 0.2) is 0 Å². The van der Waals surface area contributed by atoms with Crippen LogP contribution in [0.25, 0.3) is 0 Å². The minimum Gasteiger partial charge on any atom is -0.494 e. The number of esters is 1. The summed E-state index contributed by atoms with van der Waals surface area (Å²) in [7, 11) is 1.29. The van der Waals surface area contributed by atoms with Crippen molar-refractivity contribution in [2.24, 2.45) is 0 Å². The average molecular weight is 348 g/mol. The summed E-state index contributed by atoms with van der Waals surface area (Å²) in [5.41, 5.74) is 1.11. The van der Waals surface area contributed by atoms with E-state index < -0.39 is 5.97 Å². The van der Waals surface area contributed by atoms with E-state index in [4.69, 9.17) is 16.3 Å². The van der Waals surface area contributed by atoms with Crippen LogP contribution < -0.4 is 10.1 Å². The molecule has 1 amide bonds. The number of anilines is 1. The Kier molecular flexibility index (Phi) is 6.21. The lowest BCUT2D eigenvalue weighted by atomic mass is 10.1. The second kappa shape index (κ2) is 8.36. The van der Waals surface area contributed by atoms with Crippen LogP contribution in [0.1, 0.15) is 34.1 Å². The third kappa shape index (κ3) is 4.49. The van der Waals surface area contributed by atoms with E-state index in [1.165, 1.54) is 25.3 Å². The number of benzene rings is 2. The molecule has 5 nitrogen and oxygen atoms in total. The van der Waals surface area contributed by atoms with Gasteiger partial charge in [0.25, 0.3) is 5.91 Å². The summed E-state index contributed by atoms with van der Waals surface area (Å²) in [5, 5.41) is 3.02. The number of nitrogens with one attached hydrogen (secondary N) is 1. The van der Waals surface area contributed by atoms with Gasteiger partial charge in [0.05, 0.1) is 30.0 Å². The molecule has 6 heteroatoms. The second-order valence-electron chi connectivity index (χ2n) is 5.01. The minimum atomic E-state index is -0.500. The van der Waals surface area contributed by atoms with E-state index in [0.29, 0.717) is 34.2 Å². The second-order valence-corrected chi connectivity index (χ2v) is 5.42. The molecular weight excluding hydrogens is 330 g/mol. The summed E-state index contributed by atoms with van der Waals surface area (Å²) in [4.78, 5) is 23.9. The Morgan fingerprint density at radius 3 is 2.38 bits per heavy atom. The zero-order valence-corrected chi connectivity index (χ0v) is 14.2. The zero-order chi connectivity index (χ0) is 17.5. The van der Waals surface area contributed by atoms with Gasteiger partial charge >= 0.3 is 5.97 Å². The van der Waals surface area contributed by atoms with Gasteiger partial charge in [-0.3, -0.25) is 4.79 Å². The molecule has 0 aliphatic rings. The van der Waals surface area contributed by atoms with Crippen LogP contribution in [0.2, 0.25) is 5.02 Å². The van der Waals surface area contributed by atoms with E-state index in [9.17, 15) is 9.59 Å². The smallest absolute Gasteiger partial charge is 0.337 e. The van der Waals surface area contributed by atoms with Crippen molar-refractivity contribution in [3.05, 3.63) is 58.6 Å². The number of methoxy groups -OCH3 is 1. The van der Waals surface area contributed by atoms with E-state index in [1.807, 2.05) is 6.92 Å². The maximum Gasteiger partial charge on any atom is 0.337 e. The van der Waals surface area contributed by atoms with Crippen LogP contribution >= 0.6 is 11.6 Å². The van der Waals surface area contributed by atoms with E-state index in [2.05, 4.69) is 10.1 Å². The number of carbonyl (C=O) groups is 2. The van der Waals surface area contributed by atoms with Gasteiger partial charge in [-0.25, -0.2) is 4.79 Å². The standard InChI is InChI=1S/C18H18ClNO4/c1-3-10-24-14-7-4-12(5-8-14)17(21)20-16-11-13(18(22)23-2)6-9-15(16)19/h4-9,11H,3,10H2,1-2H3,(H,20,21). The fourth-order valence-electron chi connectivity index (χ4n) is 1.98. The Hall–Kier alpha value is -2.53. The summed E-state index contributed by atoms with van der Waals surface area (Å²) in [5.74, 6) is -0.125. The molecule has 0 spiro atoms. The van der Waals surface area contributed by atoms with Crippen molar-refractivity contribution < 1.29 is 19.1 Å². The number of hydrogen-bond acceptors (Lipinski definition) is 4. The molecule has 2 aromatic carbocycles. The fourth-order valence-corrected chi connectivity index (χ4v) is 2.15. The molecule has 2 rings (SSSR count). The summed E-state index contributed by atoms with van der Waals surface area (Å²) < 4.78 is 10.1. The lowest BCUT2D eigenvalue weighted by Gasteiger charge is -2.10. The number of rotatable bonds is 6. The maximum atomic E-state index is 12.3. The number of ether oxygens (including phenoxy) is 2. The van der Waals surface area contributed by atoms with Gasteiger partial charge in [-0.15, -0.1) is 0 Å². The first-order valence-corrected chi connectivity index (χ1v) is 7.85. The first kappa shape index (κ1) is 17.8. The van der Waals surface area contributed by atoms with Gasteiger partial charge in [-0.2, -0.15) is 0 Å². The predicted octanol–water partition coefficient (Wildman–Crippen LogP) is 4.17. The first-order chi connectivity index (χ1) is 11.5. The molecule has 0 aromatic heterocycles. The summed E-state index contributed by atoms with van der Waals surface area (Å²) in [6.45, 7) is 2.65. The molecule has 24 heavy (non-hydrogen) atoms. The van der Waals surface area contributed by atoms with Crippen LogP contribution in [0.5, 0.6) is 5.75 Å². The number of hydrogen-bond donors (Lipinski definition) is 1. The molecule has 1 N–H and O–H groups in total. The molecule has 0 unspecified atom stereocenters. The Labute approximate surface area is 145 Å². The molecule has 0 saturated carbocycles. The van der Waals surface area contributed by atoms with Crippen LogP contribution in [0, 0.1) is 0 Å². The summed E-state index contributed by atoms with van der Waals surface area (Å²) in [6.07, 6.45) is 0.914. The molecule has 0 bridgehead atoms. The normalized spacial score (nSPS) is 10.1. The van der Waals surface area contributed by atoms with Crippen LogP contribution in [0.4, 0.5) is 5.69 Å². The van der Waals surface area contributed by atoms with Crippen molar-refractivity contribution in [3.63, 3.8) is 0 Å². The van der Waals surface area contributed by atoms with Crippen LogP contribution in [0.15, 0.2) is 42.5 Å². The van der Waals surface area contributed by atoms with E-state index >= 15 is 0 Å². The Bertz CT molecular complexity index is 728. The van der Waals surface area contributed by atoms with Crippen molar-refractivity contribution in [2.45, 2.75) is 13.3 Å². The highest BCUT2D eigenvalue weighted by Crippen LogP contribution is 2.24. The van der Waals surface area contributed by atoms with Gasteiger partial charge in [0.2, 0.25) is 0 Å². The lowest BCUT2D eigenvalue weighted by Crippen LogP contribution is -2.13. The highest BCUT2D eigenvalue weighted by atomic mass is 35.5. The van der Waals surface area contributed by atoms with Crippen molar-refractivity contribution in [2.75, 3.05) is 19.0 Å². The van der Waals surface area contributed by atoms with Crippen molar-refractivity contribution >= 4 is 29.2 Å². The molecule has 0 aliphatic heterocycles. The van der Waals surface area contributed by atoms with Gasteiger partial charge in [0, 0.05) is 5.56 Å². The molecule has 0 atom stereocenters. The molecule has 0 radical (unpaired) electrons. The van der Waals surface area contributed by atoms with Crippen molar-refractivity contribution in [3.8, 4) is 5.75 Å². The molecule has 126 valence electrons. The Balaban J connectivity index is 2.13. The average Bonchev–Trinajstić information content (AvgIpc) is 2.61. The van der Waals surface area contributed by atoms with E-state index in [1.54, 1.807) is 24.3 Å².